The highest BCUT2D eigenvalue weighted by atomic mass is 16.5. The van der Waals surface area contributed by atoms with Crippen LogP contribution in [-0.4, -0.2) is 29.8 Å². The summed E-state index contributed by atoms with van der Waals surface area (Å²) in [6.45, 7) is 0.567. The Balaban J connectivity index is 1.48. The van der Waals surface area contributed by atoms with Crippen molar-refractivity contribution in [1.82, 2.24) is 15.5 Å². The topological polar surface area (TPSA) is 64.1 Å². The Morgan fingerprint density at radius 1 is 1.18 bits per heavy atom. The van der Waals surface area contributed by atoms with Crippen molar-refractivity contribution in [3.8, 4) is 5.75 Å². The average molecular weight is 297 g/mol. The molecule has 1 aromatic heterocycles. The van der Waals surface area contributed by atoms with E-state index in [1.165, 1.54) is 12.8 Å². The summed E-state index contributed by atoms with van der Waals surface area (Å²) in [5.41, 5.74) is 2.52. The summed E-state index contributed by atoms with van der Waals surface area (Å²) in [7, 11) is 1.64. The van der Waals surface area contributed by atoms with Gasteiger partial charge in [-0.05, 0) is 49.1 Å². The standard InChI is InChI=1S/C17H19N3O2/c1-22-14-6-2-12(3-7-14)10-11-18-17(21)16-9-8-15(19-20-16)13-4-5-13/h2-3,6-9,13H,4-5,10-11H2,1H3,(H,18,21). The largest absolute Gasteiger partial charge is 0.497 e. The van der Waals surface area contributed by atoms with Crippen LogP contribution in [0.2, 0.25) is 0 Å². The van der Waals surface area contributed by atoms with Crippen LogP contribution in [0.1, 0.15) is 40.5 Å². The predicted molar refractivity (Wildman–Crippen MR) is 83.0 cm³/mol. The smallest absolute Gasteiger partial charge is 0.271 e. The van der Waals surface area contributed by atoms with Crippen LogP contribution in [0.3, 0.4) is 0 Å². The van der Waals surface area contributed by atoms with Crippen LogP contribution in [0.25, 0.3) is 0 Å². The maximum absolute atomic E-state index is 12.0. The predicted octanol–water partition coefficient (Wildman–Crippen LogP) is 2.34. The lowest BCUT2D eigenvalue weighted by Gasteiger charge is -2.06. The molecule has 1 fully saturated rings. The molecule has 0 atom stereocenters. The number of nitrogens with one attached hydrogen (secondary N) is 1. The number of nitrogens with zero attached hydrogens (tertiary/aromatic N) is 2. The molecule has 0 spiro atoms. The number of methoxy groups -OCH3 is 1. The average Bonchev–Trinajstić information content (AvgIpc) is 3.40. The molecule has 1 aromatic carbocycles. The summed E-state index contributed by atoms with van der Waals surface area (Å²) in [6.07, 6.45) is 3.13. The summed E-state index contributed by atoms with van der Waals surface area (Å²) in [5.74, 6) is 1.21. The zero-order chi connectivity index (χ0) is 15.4. The number of amides is 1. The van der Waals surface area contributed by atoms with Crippen LogP contribution in [0.4, 0.5) is 0 Å². The first-order valence-electron chi connectivity index (χ1n) is 7.51. The first-order chi connectivity index (χ1) is 10.8. The number of hydrogen-bond donors (Lipinski definition) is 1. The molecule has 1 saturated carbocycles. The number of benzene rings is 1. The van der Waals surface area contributed by atoms with Gasteiger partial charge in [-0.25, -0.2) is 0 Å². The Morgan fingerprint density at radius 3 is 2.55 bits per heavy atom. The Bertz CT molecular complexity index is 634. The second kappa shape index (κ2) is 6.56. The van der Waals surface area contributed by atoms with Crippen molar-refractivity contribution < 1.29 is 9.53 Å². The maximum Gasteiger partial charge on any atom is 0.271 e. The van der Waals surface area contributed by atoms with Gasteiger partial charge in [0.2, 0.25) is 0 Å². The van der Waals surface area contributed by atoms with Crippen LogP contribution in [0, 0.1) is 0 Å². The van der Waals surface area contributed by atoms with E-state index in [1.807, 2.05) is 30.3 Å². The van der Waals surface area contributed by atoms with E-state index in [4.69, 9.17) is 4.74 Å². The van der Waals surface area contributed by atoms with Gasteiger partial charge >= 0.3 is 0 Å². The molecule has 114 valence electrons. The number of carbonyl (C=O) groups is 1. The van der Waals surface area contributed by atoms with Gasteiger partial charge in [0.05, 0.1) is 12.8 Å². The van der Waals surface area contributed by atoms with Gasteiger partial charge in [-0.1, -0.05) is 12.1 Å². The van der Waals surface area contributed by atoms with Gasteiger partial charge in [0, 0.05) is 12.5 Å². The van der Waals surface area contributed by atoms with Crippen LogP contribution in [-0.2, 0) is 6.42 Å². The summed E-state index contributed by atoms with van der Waals surface area (Å²) < 4.78 is 5.12. The van der Waals surface area contributed by atoms with E-state index in [1.54, 1.807) is 13.2 Å². The van der Waals surface area contributed by atoms with Crippen LogP contribution < -0.4 is 10.1 Å². The Hall–Kier alpha value is -2.43. The van der Waals surface area contributed by atoms with Crippen molar-refractivity contribution >= 4 is 5.91 Å². The molecule has 1 N–H and O–H groups in total. The van der Waals surface area contributed by atoms with Gasteiger partial charge in [-0.2, -0.15) is 5.10 Å². The molecular weight excluding hydrogens is 278 g/mol. The van der Waals surface area contributed by atoms with Gasteiger partial charge in [-0.3, -0.25) is 4.79 Å². The van der Waals surface area contributed by atoms with Crippen molar-refractivity contribution in [3.05, 3.63) is 53.3 Å². The van der Waals surface area contributed by atoms with E-state index < -0.39 is 0 Å². The second-order valence-corrected chi connectivity index (χ2v) is 5.47. The van der Waals surface area contributed by atoms with E-state index in [-0.39, 0.29) is 5.91 Å². The van der Waals surface area contributed by atoms with Crippen LogP contribution in [0.15, 0.2) is 36.4 Å². The molecule has 2 aromatic rings. The highest BCUT2D eigenvalue weighted by molar-refractivity contribution is 5.92. The molecule has 0 radical (unpaired) electrons. The van der Waals surface area contributed by atoms with Gasteiger partial charge in [0.15, 0.2) is 5.69 Å². The first kappa shape index (κ1) is 14.5. The quantitative estimate of drug-likeness (QED) is 0.889. The van der Waals surface area contributed by atoms with Gasteiger partial charge < -0.3 is 10.1 Å². The van der Waals surface area contributed by atoms with Crippen molar-refractivity contribution in [3.63, 3.8) is 0 Å². The summed E-state index contributed by atoms with van der Waals surface area (Å²) in [5, 5.41) is 11.0. The number of hydrogen-bond acceptors (Lipinski definition) is 4. The molecule has 5 heteroatoms. The molecule has 22 heavy (non-hydrogen) atoms. The molecule has 1 heterocycles. The molecule has 3 rings (SSSR count). The van der Waals surface area contributed by atoms with E-state index in [2.05, 4.69) is 15.5 Å². The Morgan fingerprint density at radius 2 is 1.95 bits per heavy atom. The van der Waals surface area contributed by atoms with E-state index >= 15 is 0 Å². The fourth-order valence-corrected chi connectivity index (χ4v) is 2.26. The SMILES string of the molecule is COc1ccc(CCNC(=O)c2ccc(C3CC3)nn2)cc1. The number of carbonyl (C=O) groups excluding carboxylic acids is 1. The molecule has 0 bridgehead atoms. The van der Waals surface area contributed by atoms with Crippen molar-refractivity contribution in [2.75, 3.05) is 13.7 Å². The summed E-state index contributed by atoms with van der Waals surface area (Å²) >= 11 is 0. The van der Waals surface area contributed by atoms with Gasteiger partial charge in [0.25, 0.3) is 5.91 Å². The number of rotatable bonds is 6. The van der Waals surface area contributed by atoms with Crippen molar-refractivity contribution in [1.29, 1.82) is 0 Å². The second-order valence-electron chi connectivity index (χ2n) is 5.47. The summed E-state index contributed by atoms with van der Waals surface area (Å²) in [4.78, 5) is 12.0. The van der Waals surface area contributed by atoms with Crippen molar-refractivity contribution in [2.24, 2.45) is 0 Å². The minimum Gasteiger partial charge on any atom is -0.497 e. The molecule has 0 saturated heterocycles. The Kier molecular flexibility index (Phi) is 4.32. The van der Waals surface area contributed by atoms with Gasteiger partial charge in [0.1, 0.15) is 5.75 Å². The third kappa shape index (κ3) is 3.61. The molecule has 0 aliphatic heterocycles. The van der Waals surface area contributed by atoms with Crippen LogP contribution in [0.5, 0.6) is 5.75 Å². The minimum absolute atomic E-state index is 0.177. The zero-order valence-electron chi connectivity index (χ0n) is 12.6. The first-order valence-corrected chi connectivity index (χ1v) is 7.51. The monoisotopic (exact) mass is 297 g/mol. The fourth-order valence-electron chi connectivity index (χ4n) is 2.26. The fraction of sp³-hybridized carbons (Fsp3) is 0.353. The highest BCUT2D eigenvalue weighted by Gasteiger charge is 2.25. The lowest BCUT2D eigenvalue weighted by molar-refractivity contribution is 0.0948. The molecule has 1 amide bonds. The number of ether oxygens (including phenoxy) is 1. The molecule has 1 aliphatic carbocycles. The molecule has 0 unspecified atom stereocenters. The lowest BCUT2D eigenvalue weighted by Crippen LogP contribution is -2.26. The maximum atomic E-state index is 12.0. The highest BCUT2D eigenvalue weighted by Crippen LogP contribution is 2.38. The van der Waals surface area contributed by atoms with E-state index in [0.717, 1.165) is 23.4 Å². The normalized spacial score (nSPS) is 13.7. The van der Waals surface area contributed by atoms with Crippen molar-refractivity contribution in [2.45, 2.75) is 25.2 Å². The third-order valence-corrected chi connectivity index (χ3v) is 3.77. The van der Waals surface area contributed by atoms with E-state index in [0.29, 0.717) is 18.2 Å². The third-order valence-electron chi connectivity index (χ3n) is 3.77. The summed E-state index contributed by atoms with van der Waals surface area (Å²) in [6, 6.07) is 11.5. The van der Waals surface area contributed by atoms with Crippen LogP contribution >= 0.6 is 0 Å². The minimum atomic E-state index is -0.177. The molecule has 1 aliphatic rings. The zero-order valence-corrected chi connectivity index (χ0v) is 12.6. The molecular formula is C17H19N3O2. The number of aromatic nitrogens is 2. The Labute approximate surface area is 129 Å². The lowest BCUT2D eigenvalue weighted by atomic mass is 10.1. The van der Waals surface area contributed by atoms with E-state index in [9.17, 15) is 4.79 Å². The molecule has 5 nitrogen and oxygen atoms in total. The van der Waals surface area contributed by atoms with Gasteiger partial charge in [-0.15, -0.1) is 5.10 Å².